The molecule has 1 aliphatic rings. The molecule has 2 N–H and O–H groups in total. The first-order valence-electron chi connectivity index (χ1n) is 9.32. The van der Waals surface area contributed by atoms with Crippen molar-refractivity contribution in [1.82, 2.24) is 0 Å². The fraction of sp³-hybridized carbons (Fsp3) is 0.700. The van der Waals surface area contributed by atoms with Crippen LogP contribution in [0.1, 0.15) is 53.9 Å². The second-order valence-corrected chi connectivity index (χ2v) is 8.04. The molecule has 0 aromatic rings. The number of carboxylic acids is 2. The van der Waals surface area contributed by atoms with Gasteiger partial charge in [0.25, 0.3) is 6.47 Å². The first-order valence-corrected chi connectivity index (χ1v) is 9.32. The van der Waals surface area contributed by atoms with Crippen LogP contribution in [0, 0.1) is 23.2 Å². The maximum absolute atomic E-state index is 12.7. The minimum Gasteiger partial charge on any atom is -0.481 e. The van der Waals surface area contributed by atoms with Crippen molar-refractivity contribution in [1.29, 1.82) is 0 Å². The molecule has 0 spiro atoms. The van der Waals surface area contributed by atoms with Crippen LogP contribution in [0.5, 0.6) is 0 Å². The molecule has 3 atom stereocenters. The van der Waals surface area contributed by atoms with Crippen molar-refractivity contribution < 1.29 is 38.9 Å². The zero-order valence-electron chi connectivity index (χ0n) is 17.1. The molecule has 0 bridgehead atoms. The topological polar surface area (TPSA) is 127 Å². The lowest BCUT2D eigenvalue weighted by Gasteiger charge is -2.28. The van der Waals surface area contributed by atoms with E-state index in [1.807, 2.05) is 13.8 Å². The fourth-order valence-electron chi connectivity index (χ4n) is 3.26. The number of carbonyl (C=O) groups excluding carboxylic acids is 2. The molecule has 1 rings (SSSR count). The van der Waals surface area contributed by atoms with Crippen molar-refractivity contribution in [3.8, 4) is 0 Å². The van der Waals surface area contributed by atoms with E-state index in [9.17, 15) is 29.4 Å². The smallest absolute Gasteiger partial charge is 0.310 e. The highest BCUT2D eigenvalue weighted by Crippen LogP contribution is 2.52. The Balaban J connectivity index is 2.97. The Hall–Kier alpha value is -2.38. The van der Waals surface area contributed by atoms with Gasteiger partial charge in [0.15, 0.2) is 6.10 Å². The van der Waals surface area contributed by atoms with Crippen molar-refractivity contribution in [2.24, 2.45) is 23.2 Å². The van der Waals surface area contributed by atoms with Crippen LogP contribution in [-0.4, -0.2) is 47.3 Å². The van der Waals surface area contributed by atoms with Gasteiger partial charge in [0.2, 0.25) is 0 Å². The first-order chi connectivity index (χ1) is 13.0. The van der Waals surface area contributed by atoms with E-state index in [0.29, 0.717) is 12.8 Å². The summed E-state index contributed by atoms with van der Waals surface area (Å²) in [7, 11) is 0. The van der Waals surface area contributed by atoms with Gasteiger partial charge in [-0.15, -0.1) is 0 Å². The third kappa shape index (κ3) is 5.81. The zero-order chi connectivity index (χ0) is 21.6. The molecule has 1 fully saturated rings. The van der Waals surface area contributed by atoms with Crippen LogP contribution in [0.3, 0.4) is 0 Å². The minimum absolute atomic E-state index is 0.114. The van der Waals surface area contributed by atoms with Crippen LogP contribution in [0.4, 0.5) is 0 Å². The first kappa shape index (κ1) is 23.7. The highest BCUT2D eigenvalue weighted by atomic mass is 16.6. The molecule has 158 valence electrons. The standard InChI is InChI=1S/C20H30O8/c1-11(2)13(5)15(28-10-21)9-27-18(24)16(12(3)4)14(17(22)23)8-20(6-7-20)19(25)26/h10,12,14-16H,6-9H2,1-5H3,(H,22,23)(H,25,26). The van der Waals surface area contributed by atoms with Gasteiger partial charge >= 0.3 is 17.9 Å². The molecule has 1 saturated carbocycles. The number of carbonyl (C=O) groups is 4. The van der Waals surface area contributed by atoms with Gasteiger partial charge in [-0.3, -0.25) is 19.2 Å². The molecule has 0 radical (unpaired) electrons. The number of hydrogen-bond donors (Lipinski definition) is 2. The Kier molecular flexibility index (Phi) is 8.20. The van der Waals surface area contributed by atoms with Gasteiger partial charge in [-0.2, -0.15) is 0 Å². The molecule has 0 aromatic carbocycles. The molecule has 0 saturated heterocycles. The third-order valence-corrected chi connectivity index (χ3v) is 5.53. The van der Waals surface area contributed by atoms with Crippen molar-refractivity contribution in [2.45, 2.75) is 60.0 Å². The fourth-order valence-corrected chi connectivity index (χ4v) is 3.26. The van der Waals surface area contributed by atoms with Crippen molar-refractivity contribution in [3.05, 3.63) is 11.1 Å². The highest BCUT2D eigenvalue weighted by Gasteiger charge is 2.54. The van der Waals surface area contributed by atoms with Gasteiger partial charge in [-0.25, -0.2) is 0 Å². The maximum Gasteiger partial charge on any atom is 0.310 e. The van der Waals surface area contributed by atoms with Crippen molar-refractivity contribution in [2.75, 3.05) is 6.61 Å². The summed E-state index contributed by atoms with van der Waals surface area (Å²) < 4.78 is 10.3. The van der Waals surface area contributed by atoms with Gasteiger partial charge in [-0.1, -0.05) is 19.4 Å². The summed E-state index contributed by atoms with van der Waals surface area (Å²) in [5.41, 5.74) is 0.570. The summed E-state index contributed by atoms with van der Waals surface area (Å²) in [6.45, 7) is 8.85. The minimum atomic E-state index is -1.22. The van der Waals surface area contributed by atoms with E-state index in [-0.39, 0.29) is 25.4 Å². The Morgan fingerprint density at radius 2 is 1.68 bits per heavy atom. The van der Waals surface area contributed by atoms with Gasteiger partial charge < -0.3 is 19.7 Å². The molecule has 3 unspecified atom stereocenters. The Morgan fingerprint density at radius 3 is 2.04 bits per heavy atom. The van der Waals surface area contributed by atoms with E-state index in [4.69, 9.17) is 9.47 Å². The van der Waals surface area contributed by atoms with Gasteiger partial charge in [0.05, 0.1) is 17.3 Å². The Bertz CT molecular complexity index is 641. The highest BCUT2D eigenvalue weighted by molar-refractivity contribution is 5.83. The molecule has 8 nitrogen and oxygen atoms in total. The van der Waals surface area contributed by atoms with Crippen LogP contribution in [0.2, 0.25) is 0 Å². The zero-order valence-corrected chi connectivity index (χ0v) is 17.1. The molecule has 0 heterocycles. The van der Waals surface area contributed by atoms with Crippen molar-refractivity contribution >= 4 is 24.4 Å². The lowest BCUT2D eigenvalue weighted by Crippen LogP contribution is -2.38. The molecule has 0 amide bonds. The second kappa shape index (κ2) is 9.71. The van der Waals surface area contributed by atoms with E-state index in [1.165, 1.54) is 0 Å². The Labute approximate surface area is 164 Å². The van der Waals surface area contributed by atoms with Crippen LogP contribution < -0.4 is 0 Å². The van der Waals surface area contributed by atoms with Gasteiger partial charge in [0, 0.05) is 0 Å². The van der Waals surface area contributed by atoms with Gasteiger partial charge in [0.1, 0.15) is 6.61 Å². The lowest BCUT2D eigenvalue weighted by atomic mass is 9.77. The number of rotatable bonds is 12. The monoisotopic (exact) mass is 398 g/mol. The average molecular weight is 398 g/mol. The largest absolute Gasteiger partial charge is 0.481 e. The number of aliphatic carboxylic acids is 2. The van der Waals surface area contributed by atoms with E-state index in [1.54, 1.807) is 20.8 Å². The lowest BCUT2D eigenvalue weighted by molar-refractivity contribution is -0.164. The summed E-state index contributed by atoms with van der Waals surface area (Å²) in [5.74, 6) is -5.52. The normalized spacial score (nSPS) is 17.8. The molecule has 0 aliphatic heterocycles. The summed E-state index contributed by atoms with van der Waals surface area (Å²) in [6, 6.07) is 0. The van der Waals surface area contributed by atoms with Crippen LogP contribution in [0.15, 0.2) is 11.1 Å². The molecule has 28 heavy (non-hydrogen) atoms. The number of allylic oxidation sites excluding steroid dienone is 1. The number of esters is 1. The van der Waals surface area contributed by atoms with Crippen LogP contribution in [0.25, 0.3) is 0 Å². The molecular formula is C20H30O8. The SMILES string of the molecule is CC(C)=C(C)C(COC(=O)C(C(C)C)C(CC1(C(=O)O)CC1)C(=O)O)OC=O. The average Bonchev–Trinajstić information content (AvgIpc) is 3.37. The van der Waals surface area contributed by atoms with E-state index < -0.39 is 41.3 Å². The number of hydrogen-bond acceptors (Lipinski definition) is 6. The third-order valence-electron chi connectivity index (χ3n) is 5.53. The van der Waals surface area contributed by atoms with E-state index >= 15 is 0 Å². The summed E-state index contributed by atoms with van der Waals surface area (Å²) in [5, 5.41) is 19.0. The summed E-state index contributed by atoms with van der Waals surface area (Å²) in [4.78, 5) is 46.8. The van der Waals surface area contributed by atoms with Gasteiger partial charge in [-0.05, 0) is 51.5 Å². The molecular weight excluding hydrogens is 368 g/mol. The number of ether oxygens (including phenoxy) is 2. The van der Waals surface area contributed by atoms with Crippen LogP contribution >= 0.6 is 0 Å². The quantitative estimate of drug-likeness (QED) is 0.292. The van der Waals surface area contributed by atoms with E-state index in [0.717, 1.165) is 11.1 Å². The molecule has 8 heteroatoms. The van der Waals surface area contributed by atoms with E-state index in [2.05, 4.69) is 0 Å². The predicted molar refractivity (Wildman–Crippen MR) is 99.3 cm³/mol. The van der Waals surface area contributed by atoms with Crippen molar-refractivity contribution in [3.63, 3.8) is 0 Å². The summed E-state index contributed by atoms with van der Waals surface area (Å²) in [6.07, 6.45) is -0.0601. The van der Waals surface area contributed by atoms with Crippen LogP contribution in [-0.2, 0) is 28.7 Å². The predicted octanol–water partition coefficient (Wildman–Crippen LogP) is 2.66. The number of carboxylic acid groups (broad SMARTS) is 2. The summed E-state index contributed by atoms with van der Waals surface area (Å²) >= 11 is 0. The molecule has 0 aromatic heterocycles. The Morgan fingerprint density at radius 1 is 1.11 bits per heavy atom. The maximum atomic E-state index is 12.7. The second-order valence-electron chi connectivity index (χ2n) is 8.04. The molecule has 1 aliphatic carbocycles.